The van der Waals surface area contributed by atoms with Crippen molar-refractivity contribution in [1.82, 2.24) is 0 Å². The number of halogens is 1. The second kappa shape index (κ2) is 4.96. The van der Waals surface area contributed by atoms with Crippen LogP contribution in [0.5, 0.6) is 5.75 Å². The summed E-state index contributed by atoms with van der Waals surface area (Å²) in [5.74, 6) is -0.161. The molecule has 0 spiro atoms. The normalized spacial score (nSPS) is 19.9. The van der Waals surface area contributed by atoms with Gasteiger partial charge in [-0.05, 0) is 55.7 Å². The summed E-state index contributed by atoms with van der Waals surface area (Å²) in [6.45, 7) is 0. The van der Waals surface area contributed by atoms with Crippen molar-refractivity contribution in [1.29, 1.82) is 0 Å². The zero-order valence-corrected chi connectivity index (χ0v) is 12.4. The number of hydrogen-bond acceptors (Lipinski definition) is 2. The van der Waals surface area contributed by atoms with Gasteiger partial charge in [0.2, 0.25) is 0 Å². The van der Waals surface area contributed by atoms with E-state index in [-0.39, 0.29) is 0 Å². The van der Waals surface area contributed by atoms with Crippen LogP contribution in [0.25, 0.3) is 0 Å². The van der Waals surface area contributed by atoms with Gasteiger partial charge in [-0.3, -0.25) is 4.79 Å². The maximum atomic E-state index is 11.9. The number of carbonyl (C=O) groups is 1. The molecule has 0 aliphatic heterocycles. The van der Waals surface area contributed by atoms with Crippen LogP contribution < -0.4 is 4.74 Å². The Balaban J connectivity index is 2.26. The minimum Gasteiger partial charge on any atom is -0.495 e. The Bertz CT molecular complexity index is 561. The maximum absolute atomic E-state index is 11.9. The fourth-order valence-corrected chi connectivity index (χ4v) is 3.96. The summed E-state index contributed by atoms with van der Waals surface area (Å²) >= 11 is 6.34. The van der Waals surface area contributed by atoms with Gasteiger partial charge in [0, 0.05) is 5.56 Å². The predicted molar refractivity (Wildman–Crippen MR) is 77.8 cm³/mol. The fourth-order valence-electron chi connectivity index (χ4n) is 3.66. The highest BCUT2D eigenvalue weighted by molar-refractivity contribution is 6.32. The third-order valence-electron chi connectivity index (χ3n) is 4.86. The SMILES string of the molecule is COc1c(Cl)cc2c(c1C1(C(=O)O)CCC1)CCCC2. The summed E-state index contributed by atoms with van der Waals surface area (Å²) < 4.78 is 5.48. The molecule has 0 amide bonds. The lowest BCUT2D eigenvalue weighted by molar-refractivity contribution is -0.147. The molecule has 3 rings (SSSR count). The molecule has 108 valence electrons. The highest BCUT2D eigenvalue weighted by atomic mass is 35.5. The summed E-state index contributed by atoms with van der Waals surface area (Å²) in [6.07, 6.45) is 6.51. The van der Waals surface area contributed by atoms with Gasteiger partial charge < -0.3 is 9.84 Å². The molecular formula is C16H19ClO3. The van der Waals surface area contributed by atoms with E-state index in [0.29, 0.717) is 23.6 Å². The zero-order chi connectivity index (χ0) is 14.3. The average molecular weight is 295 g/mol. The van der Waals surface area contributed by atoms with Crippen LogP contribution in [0.15, 0.2) is 6.07 Å². The number of methoxy groups -OCH3 is 1. The molecule has 4 heteroatoms. The molecule has 1 aromatic carbocycles. The number of benzene rings is 1. The van der Waals surface area contributed by atoms with Gasteiger partial charge in [0.15, 0.2) is 0 Å². The molecule has 0 radical (unpaired) electrons. The minimum atomic E-state index is -0.780. The fraction of sp³-hybridized carbons (Fsp3) is 0.562. The van der Waals surface area contributed by atoms with Crippen LogP contribution >= 0.6 is 11.6 Å². The Morgan fingerprint density at radius 3 is 2.55 bits per heavy atom. The molecule has 0 unspecified atom stereocenters. The zero-order valence-electron chi connectivity index (χ0n) is 11.7. The predicted octanol–water partition coefficient (Wildman–Crippen LogP) is 3.73. The number of ether oxygens (including phenoxy) is 1. The summed E-state index contributed by atoms with van der Waals surface area (Å²) in [5.41, 5.74) is 2.47. The van der Waals surface area contributed by atoms with Crippen molar-refractivity contribution in [3.63, 3.8) is 0 Å². The molecule has 1 saturated carbocycles. The first-order valence-corrected chi connectivity index (χ1v) is 7.60. The first-order chi connectivity index (χ1) is 9.60. The van der Waals surface area contributed by atoms with Crippen LogP contribution in [0.3, 0.4) is 0 Å². The molecule has 0 bridgehead atoms. The van der Waals surface area contributed by atoms with Crippen molar-refractivity contribution in [2.75, 3.05) is 7.11 Å². The summed E-state index contributed by atoms with van der Waals surface area (Å²) in [5, 5.41) is 10.3. The van der Waals surface area contributed by atoms with Gasteiger partial charge in [-0.1, -0.05) is 18.0 Å². The molecule has 20 heavy (non-hydrogen) atoms. The number of rotatable bonds is 3. The first-order valence-electron chi connectivity index (χ1n) is 7.22. The van der Waals surface area contributed by atoms with E-state index >= 15 is 0 Å². The largest absolute Gasteiger partial charge is 0.495 e. The Hall–Kier alpha value is -1.22. The molecule has 0 saturated heterocycles. The standard InChI is InChI=1S/C16H19ClO3/c1-20-14-12(17)9-10-5-2-3-6-11(10)13(14)16(15(18)19)7-4-8-16/h9H,2-8H2,1H3,(H,18,19). The number of aliphatic carboxylic acids is 1. The van der Waals surface area contributed by atoms with E-state index in [1.54, 1.807) is 7.11 Å². The van der Waals surface area contributed by atoms with E-state index in [2.05, 4.69) is 0 Å². The molecule has 3 nitrogen and oxygen atoms in total. The van der Waals surface area contributed by atoms with Crippen LogP contribution in [-0.4, -0.2) is 18.2 Å². The van der Waals surface area contributed by atoms with Crippen molar-refractivity contribution in [2.24, 2.45) is 0 Å². The van der Waals surface area contributed by atoms with Gasteiger partial charge in [-0.25, -0.2) is 0 Å². The number of hydrogen-bond donors (Lipinski definition) is 1. The van der Waals surface area contributed by atoms with Gasteiger partial charge in [0.25, 0.3) is 0 Å². The van der Waals surface area contributed by atoms with Crippen molar-refractivity contribution in [3.05, 3.63) is 27.8 Å². The van der Waals surface area contributed by atoms with Gasteiger partial charge in [0.1, 0.15) is 5.75 Å². The molecule has 0 aromatic heterocycles. The molecule has 2 aliphatic carbocycles. The van der Waals surface area contributed by atoms with Gasteiger partial charge >= 0.3 is 5.97 Å². The van der Waals surface area contributed by atoms with Crippen molar-refractivity contribution >= 4 is 17.6 Å². The van der Waals surface area contributed by atoms with Crippen molar-refractivity contribution in [3.8, 4) is 5.75 Å². The Morgan fingerprint density at radius 1 is 1.30 bits per heavy atom. The molecule has 1 aromatic rings. The van der Waals surface area contributed by atoms with Gasteiger partial charge in [0.05, 0.1) is 17.5 Å². The third-order valence-corrected chi connectivity index (χ3v) is 5.14. The quantitative estimate of drug-likeness (QED) is 0.924. The van der Waals surface area contributed by atoms with Gasteiger partial charge in [-0.15, -0.1) is 0 Å². The molecule has 0 atom stereocenters. The summed E-state index contributed by atoms with van der Waals surface area (Å²) in [7, 11) is 1.58. The second-order valence-electron chi connectivity index (χ2n) is 5.85. The Kier molecular flexibility index (Phi) is 3.41. The van der Waals surface area contributed by atoms with Gasteiger partial charge in [-0.2, -0.15) is 0 Å². The smallest absolute Gasteiger partial charge is 0.314 e. The van der Waals surface area contributed by atoms with Crippen molar-refractivity contribution < 1.29 is 14.6 Å². The van der Waals surface area contributed by atoms with E-state index in [4.69, 9.17) is 16.3 Å². The Labute approximate surface area is 123 Å². The lowest BCUT2D eigenvalue weighted by atomic mass is 9.62. The average Bonchev–Trinajstić information content (AvgIpc) is 2.36. The molecule has 0 heterocycles. The number of carboxylic acid groups (broad SMARTS) is 1. The van der Waals surface area contributed by atoms with Crippen LogP contribution in [0.1, 0.15) is 48.8 Å². The monoisotopic (exact) mass is 294 g/mol. The number of fused-ring (bicyclic) bond motifs is 1. The van der Waals surface area contributed by atoms with E-state index < -0.39 is 11.4 Å². The highest BCUT2D eigenvalue weighted by Crippen LogP contribution is 2.52. The lowest BCUT2D eigenvalue weighted by Gasteiger charge is -2.41. The summed E-state index contributed by atoms with van der Waals surface area (Å²) in [6, 6.07) is 1.96. The number of carboxylic acids is 1. The van der Waals surface area contributed by atoms with E-state index in [0.717, 1.165) is 37.7 Å². The van der Waals surface area contributed by atoms with E-state index in [1.165, 1.54) is 11.1 Å². The molecule has 1 N–H and O–H groups in total. The van der Waals surface area contributed by atoms with Crippen LogP contribution in [0, 0.1) is 0 Å². The molecular weight excluding hydrogens is 276 g/mol. The minimum absolute atomic E-state index is 0.552. The third kappa shape index (κ3) is 1.83. The topological polar surface area (TPSA) is 46.5 Å². The number of aryl methyl sites for hydroxylation is 1. The lowest BCUT2D eigenvalue weighted by Crippen LogP contribution is -2.43. The van der Waals surface area contributed by atoms with E-state index in [1.807, 2.05) is 6.07 Å². The molecule has 2 aliphatic rings. The van der Waals surface area contributed by atoms with Crippen LogP contribution in [0.4, 0.5) is 0 Å². The first kappa shape index (κ1) is 13.7. The van der Waals surface area contributed by atoms with Crippen molar-refractivity contribution in [2.45, 2.75) is 50.4 Å². The van der Waals surface area contributed by atoms with Crippen LogP contribution in [-0.2, 0) is 23.1 Å². The Morgan fingerprint density at radius 2 is 2.00 bits per heavy atom. The molecule has 1 fully saturated rings. The van der Waals surface area contributed by atoms with E-state index in [9.17, 15) is 9.90 Å². The maximum Gasteiger partial charge on any atom is 0.314 e. The second-order valence-corrected chi connectivity index (χ2v) is 6.26. The summed E-state index contributed by atoms with van der Waals surface area (Å²) in [4.78, 5) is 11.9. The highest BCUT2D eigenvalue weighted by Gasteiger charge is 2.49. The van der Waals surface area contributed by atoms with Crippen LogP contribution in [0.2, 0.25) is 5.02 Å².